The Morgan fingerprint density at radius 3 is 1.96 bits per heavy atom. The Labute approximate surface area is 174 Å². The molecule has 148 valence electrons. The summed E-state index contributed by atoms with van der Waals surface area (Å²) in [5.74, 6) is 0. The molecule has 0 aromatic heterocycles. The van der Waals surface area contributed by atoms with Gasteiger partial charge in [0, 0.05) is 12.2 Å². The van der Waals surface area contributed by atoms with Crippen LogP contribution in [0.3, 0.4) is 0 Å². The standard InChI is InChI=1S/C23H37NS.BrH/c1-2-3-4-5-6-7-8-9-10-11-12-18-24-22-16-15-17-23(21-22)25-19-13-14-20-25;/h13-17,19-21,24-25H,2-12,18H2,1H3;1H. The fraction of sp³-hybridized carbons (Fsp3) is 0.565. The van der Waals surface area contributed by atoms with Gasteiger partial charge in [-0.15, -0.1) is 17.0 Å². The van der Waals surface area contributed by atoms with Gasteiger partial charge in [0.2, 0.25) is 0 Å². The third kappa shape index (κ3) is 9.87. The van der Waals surface area contributed by atoms with Crippen LogP contribution < -0.4 is 5.32 Å². The van der Waals surface area contributed by atoms with Gasteiger partial charge in [0.25, 0.3) is 0 Å². The highest BCUT2D eigenvalue weighted by atomic mass is 79.9. The van der Waals surface area contributed by atoms with Crippen LogP contribution in [-0.4, -0.2) is 6.54 Å². The Bertz CT molecular complexity index is 515. The minimum atomic E-state index is -0.193. The van der Waals surface area contributed by atoms with E-state index in [0.29, 0.717) is 0 Å². The van der Waals surface area contributed by atoms with E-state index in [4.69, 9.17) is 0 Å². The van der Waals surface area contributed by atoms with E-state index in [1.165, 1.54) is 81.2 Å². The molecule has 0 atom stereocenters. The van der Waals surface area contributed by atoms with Crippen LogP contribution in [0.25, 0.3) is 0 Å². The minimum Gasteiger partial charge on any atom is -0.385 e. The molecule has 0 aliphatic carbocycles. The number of halogens is 1. The molecule has 1 aliphatic rings. The molecule has 1 nitrogen and oxygen atoms in total. The molecule has 0 spiro atoms. The van der Waals surface area contributed by atoms with E-state index in [0.717, 1.165) is 6.54 Å². The number of hydrogen-bond acceptors (Lipinski definition) is 1. The largest absolute Gasteiger partial charge is 0.385 e. The van der Waals surface area contributed by atoms with Crippen LogP contribution in [-0.2, 0) is 0 Å². The van der Waals surface area contributed by atoms with Crippen molar-refractivity contribution in [3.8, 4) is 0 Å². The number of rotatable bonds is 14. The van der Waals surface area contributed by atoms with Crippen molar-refractivity contribution >= 4 is 33.6 Å². The third-order valence-corrected chi connectivity index (χ3v) is 6.72. The molecule has 1 N–H and O–H groups in total. The van der Waals surface area contributed by atoms with Gasteiger partial charge < -0.3 is 5.32 Å². The predicted octanol–water partition coefficient (Wildman–Crippen LogP) is 8.39. The zero-order chi connectivity index (χ0) is 17.6. The first kappa shape index (κ1) is 23.4. The molecule has 1 heterocycles. The first-order chi connectivity index (χ1) is 12.4. The summed E-state index contributed by atoms with van der Waals surface area (Å²) < 4.78 is 0. The van der Waals surface area contributed by atoms with Crippen molar-refractivity contribution in [2.75, 3.05) is 11.9 Å². The molecule has 0 amide bonds. The molecule has 1 aromatic rings. The number of benzene rings is 1. The first-order valence-electron chi connectivity index (χ1n) is 10.4. The first-order valence-corrected chi connectivity index (χ1v) is 11.9. The van der Waals surface area contributed by atoms with Gasteiger partial charge in [-0.1, -0.05) is 89.4 Å². The van der Waals surface area contributed by atoms with Crippen LogP contribution in [0.2, 0.25) is 0 Å². The fourth-order valence-corrected chi connectivity index (χ4v) is 4.86. The molecule has 0 saturated heterocycles. The van der Waals surface area contributed by atoms with Gasteiger partial charge in [-0.2, -0.15) is 10.9 Å². The van der Waals surface area contributed by atoms with Gasteiger partial charge >= 0.3 is 0 Å². The predicted molar refractivity (Wildman–Crippen MR) is 127 cm³/mol. The summed E-state index contributed by atoms with van der Waals surface area (Å²) in [6.07, 6.45) is 19.8. The zero-order valence-electron chi connectivity index (χ0n) is 16.5. The maximum absolute atomic E-state index is 3.60. The van der Waals surface area contributed by atoms with Crippen molar-refractivity contribution < 1.29 is 0 Å². The minimum absolute atomic E-state index is 0. The molecule has 1 aromatic carbocycles. The maximum atomic E-state index is 3.60. The van der Waals surface area contributed by atoms with Crippen LogP contribution in [0.15, 0.2) is 52.1 Å². The summed E-state index contributed by atoms with van der Waals surface area (Å²) in [6, 6.07) is 8.95. The molecule has 26 heavy (non-hydrogen) atoms. The fourth-order valence-electron chi connectivity index (χ4n) is 3.31. The van der Waals surface area contributed by atoms with E-state index in [1.807, 2.05) is 0 Å². The van der Waals surface area contributed by atoms with Crippen molar-refractivity contribution in [3.05, 3.63) is 47.2 Å². The number of allylic oxidation sites excluding steroid dienone is 2. The Morgan fingerprint density at radius 2 is 1.35 bits per heavy atom. The highest BCUT2D eigenvalue weighted by Crippen LogP contribution is 2.42. The van der Waals surface area contributed by atoms with E-state index in [1.54, 1.807) is 0 Å². The quantitative estimate of drug-likeness (QED) is 0.219. The normalized spacial score (nSPS) is 13.8. The second-order valence-electron chi connectivity index (χ2n) is 7.10. The molecule has 2 rings (SSSR count). The van der Waals surface area contributed by atoms with Crippen LogP contribution in [0.4, 0.5) is 5.69 Å². The van der Waals surface area contributed by atoms with Gasteiger partial charge in [-0.05, 0) is 40.3 Å². The Balaban J connectivity index is 0.00000338. The number of thiol groups is 1. The van der Waals surface area contributed by atoms with Gasteiger partial charge in [0.15, 0.2) is 0 Å². The van der Waals surface area contributed by atoms with Crippen molar-refractivity contribution in [3.63, 3.8) is 0 Å². The summed E-state index contributed by atoms with van der Waals surface area (Å²) in [5, 5.41) is 8.24. The molecule has 3 heteroatoms. The maximum Gasteiger partial charge on any atom is 0.0350 e. The number of nitrogens with one attached hydrogen (secondary N) is 1. The van der Waals surface area contributed by atoms with Gasteiger partial charge in [0.05, 0.1) is 0 Å². The highest BCUT2D eigenvalue weighted by molar-refractivity contribution is 8.93. The van der Waals surface area contributed by atoms with E-state index < -0.39 is 0 Å². The lowest BCUT2D eigenvalue weighted by Crippen LogP contribution is -2.01. The van der Waals surface area contributed by atoms with Crippen molar-refractivity contribution in [2.24, 2.45) is 0 Å². The lowest BCUT2D eigenvalue weighted by Gasteiger charge is -2.13. The molecule has 0 radical (unpaired) electrons. The van der Waals surface area contributed by atoms with Crippen LogP contribution in [0.5, 0.6) is 0 Å². The Hall–Kier alpha value is -0.670. The summed E-state index contributed by atoms with van der Waals surface area (Å²) in [7, 11) is -0.193. The van der Waals surface area contributed by atoms with Crippen LogP contribution in [0, 0.1) is 0 Å². The van der Waals surface area contributed by atoms with E-state index in [9.17, 15) is 0 Å². The number of hydrogen-bond donors (Lipinski definition) is 2. The average Bonchev–Trinajstić information content (AvgIpc) is 3.18. The van der Waals surface area contributed by atoms with Crippen LogP contribution >= 0.6 is 27.9 Å². The second-order valence-corrected chi connectivity index (χ2v) is 9.03. The lowest BCUT2D eigenvalue weighted by molar-refractivity contribution is 0.552. The molecule has 0 bridgehead atoms. The molecule has 0 saturated carbocycles. The Kier molecular flexibility index (Phi) is 13.8. The summed E-state index contributed by atoms with van der Waals surface area (Å²) >= 11 is 0. The molecule has 1 aliphatic heterocycles. The van der Waals surface area contributed by atoms with Gasteiger partial charge in [-0.25, -0.2) is 0 Å². The van der Waals surface area contributed by atoms with Gasteiger partial charge in [-0.3, -0.25) is 0 Å². The average molecular weight is 441 g/mol. The smallest absolute Gasteiger partial charge is 0.0350 e. The van der Waals surface area contributed by atoms with E-state index in [2.05, 4.69) is 59.5 Å². The summed E-state index contributed by atoms with van der Waals surface area (Å²) in [4.78, 5) is 1.45. The van der Waals surface area contributed by atoms with E-state index in [-0.39, 0.29) is 27.9 Å². The topological polar surface area (TPSA) is 12.0 Å². The van der Waals surface area contributed by atoms with E-state index >= 15 is 0 Å². The van der Waals surface area contributed by atoms with Crippen molar-refractivity contribution in [2.45, 2.75) is 82.4 Å². The third-order valence-electron chi connectivity index (χ3n) is 4.86. The molecular formula is C23H38BrNS. The van der Waals surface area contributed by atoms with Crippen LogP contribution in [0.1, 0.15) is 77.6 Å². The lowest BCUT2D eigenvalue weighted by atomic mass is 10.1. The summed E-state index contributed by atoms with van der Waals surface area (Å²) in [5.41, 5.74) is 1.28. The van der Waals surface area contributed by atoms with Crippen molar-refractivity contribution in [1.82, 2.24) is 0 Å². The van der Waals surface area contributed by atoms with Gasteiger partial charge in [0.1, 0.15) is 0 Å². The SMILES string of the molecule is Br.CCCCCCCCCCCCCNc1cccc([SH]2C=CC=C2)c1. The highest BCUT2D eigenvalue weighted by Gasteiger charge is 2.03. The number of anilines is 1. The summed E-state index contributed by atoms with van der Waals surface area (Å²) in [6.45, 7) is 3.39. The molecular weight excluding hydrogens is 402 g/mol. The Morgan fingerprint density at radius 1 is 0.769 bits per heavy atom. The zero-order valence-corrected chi connectivity index (χ0v) is 19.1. The molecule has 0 fully saturated rings. The molecule has 0 unspecified atom stereocenters. The number of unbranched alkanes of at least 4 members (excludes halogenated alkanes) is 10. The second kappa shape index (κ2) is 15.4. The monoisotopic (exact) mass is 439 g/mol. The van der Waals surface area contributed by atoms with Crippen molar-refractivity contribution in [1.29, 1.82) is 0 Å².